The maximum atomic E-state index is 12.5. The standard InChI is InChI=1S/C24H34ClN5O3/c1-24(2,3)33-23(31)29-12-8-18(9-13-29)22-27-26-21(10-11-28-14-16-32-17-15-28)30(22)20-6-4-19(25)5-7-20/h4-7,18H,8-17H2,1-3H3. The van der Waals surface area contributed by atoms with Gasteiger partial charge in [0.25, 0.3) is 0 Å². The highest BCUT2D eigenvalue weighted by molar-refractivity contribution is 6.30. The molecule has 3 heterocycles. The Morgan fingerprint density at radius 2 is 1.76 bits per heavy atom. The summed E-state index contributed by atoms with van der Waals surface area (Å²) in [6.45, 7) is 11.4. The van der Waals surface area contributed by atoms with E-state index in [-0.39, 0.29) is 12.0 Å². The third-order valence-electron chi connectivity index (χ3n) is 6.11. The first-order valence-corrected chi connectivity index (χ1v) is 12.2. The normalized spacial score (nSPS) is 18.5. The molecule has 4 rings (SSSR count). The molecule has 0 unspecified atom stereocenters. The Labute approximate surface area is 200 Å². The molecule has 2 saturated heterocycles. The summed E-state index contributed by atoms with van der Waals surface area (Å²) < 4.78 is 13.2. The Morgan fingerprint density at radius 3 is 2.39 bits per heavy atom. The number of morpholine rings is 1. The molecular weight excluding hydrogens is 442 g/mol. The maximum Gasteiger partial charge on any atom is 0.410 e. The molecule has 33 heavy (non-hydrogen) atoms. The highest BCUT2D eigenvalue weighted by Crippen LogP contribution is 2.30. The van der Waals surface area contributed by atoms with E-state index in [1.54, 1.807) is 4.90 Å². The molecule has 2 aliphatic rings. The van der Waals surface area contributed by atoms with Crippen LogP contribution in [0.3, 0.4) is 0 Å². The molecule has 2 aromatic rings. The van der Waals surface area contributed by atoms with Crippen molar-refractivity contribution in [1.29, 1.82) is 0 Å². The number of carbonyl (C=O) groups is 1. The molecule has 2 fully saturated rings. The summed E-state index contributed by atoms with van der Waals surface area (Å²) in [6, 6.07) is 7.83. The Morgan fingerprint density at radius 1 is 1.09 bits per heavy atom. The molecule has 0 bridgehead atoms. The molecule has 0 saturated carbocycles. The third kappa shape index (κ3) is 6.25. The van der Waals surface area contributed by atoms with Crippen molar-refractivity contribution in [1.82, 2.24) is 24.6 Å². The fourth-order valence-electron chi connectivity index (χ4n) is 4.36. The van der Waals surface area contributed by atoms with E-state index in [0.29, 0.717) is 18.1 Å². The average Bonchev–Trinajstić information content (AvgIpc) is 3.22. The number of hydrogen-bond donors (Lipinski definition) is 0. The SMILES string of the molecule is CC(C)(C)OC(=O)N1CCC(c2nnc(CCN3CCOCC3)n2-c2ccc(Cl)cc2)CC1. The molecule has 2 aliphatic heterocycles. The lowest BCUT2D eigenvalue weighted by molar-refractivity contribution is 0.0202. The summed E-state index contributed by atoms with van der Waals surface area (Å²) in [7, 11) is 0. The molecule has 8 nitrogen and oxygen atoms in total. The van der Waals surface area contributed by atoms with Crippen molar-refractivity contribution >= 4 is 17.7 Å². The van der Waals surface area contributed by atoms with Gasteiger partial charge in [0.05, 0.1) is 13.2 Å². The second kappa shape index (κ2) is 10.4. The van der Waals surface area contributed by atoms with E-state index in [1.165, 1.54) is 0 Å². The van der Waals surface area contributed by atoms with Crippen molar-refractivity contribution in [3.8, 4) is 5.69 Å². The van der Waals surface area contributed by atoms with Gasteiger partial charge < -0.3 is 14.4 Å². The van der Waals surface area contributed by atoms with Crippen molar-refractivity contribution in [3.05, 3.63) is 40.9 Å². The predicted molar refractivity (Wildman–Crippen MR) is 127 cm³/mol. The minimum atomic E-state index is -0.488. The van der Waals surface area contributed by atoms with Crippen LogP contribution in [0.2, 0.25) is 5.02 Å². The zero-order chi connectivity index (χ0) is 23.4. The van der Waals surface area contributed by atoms with Crippen molar-refractivity contribution in [2.24, 2.45) is 0 Å². The van der Waals surface area contributed by atoms with Crippen LogP contribution in [-0.2, 0) is 15.9 Å². The van der Waals surface area contributed by atoms with Gasteiger partial charge in [-0.3, -0.25) is 9.47 Å². The van der Waals surface area contributed by atoms with E-state index in [1.807, 2.05) is 45.0 Å². The number of nitrogens with zero attached hydrogens (tertiary/aromatic N) is 5. The zero-order valence-electron chi connectivity index (χ0n) is 19.8. The van der Waals surface area contributed by atoms with Gasteiger partial charge in [0.2, 0.25) is 0 Å². The van der Waals surface area contributed by atoms with Crippen molar-refractivity contribution in [2.75, 3.05) is 45.9 Å². The Balaban J connectivity index is 1.50. The molecular formula is C24H34ClN5O3. The van der Waals surface area contributed by atoms with Crippen LogP contribution in [0, 0.1) is 0 Å². The van der Waals surface area contributed by atoms with Crippen LogP contribution in [0.15, 0.2) is 24.3 Å². The zero-order valence-corrected chi connectivity index (χ0v) is 20.6. The van der Waals surface area contributed by atoms with Crippen LogP contribution in [-0.4, -0.2) is 82.2 Å². The average molecular weight is 476 g/mol. The van der Waals surface area contributed by atoms with Gasteiger partial charge in [0.15, 0.2) is 0 Å². The predicted octanol–water partition coefficient (Wildman–Crippen LogP) is 3.91. The first-order chi connectivity index (χ1) is 15.8. The number of rotatable bonds is 5. The Bertz CT molecular complexity index is 927. The van der Waals surface area contributed by atoms with Crippen LogP contribution in [0.5, 0.6) is 0 Å². The molecule has 0 atom stereocenters. The molecule has 9 heteroatoms. The van der Waals surface area contributed by atoms with Crippen LogP contribution in [0.4, 0.5) is 4.79 Å². The number of piperidine rings is 1. The van der Waals surface area contributed by atoms with Crippen LogP contribution < -0.4 is 0 Å². The molecule has 180 valence electrons. The summed E-state index contributed by atoms with van der Waals surface area (Å²) in [6.07, 6.45) is 2.22. The molecule has 0 radical (unpaired) electrons. The quantitative estimate of drug-likeness (QED) is 0.652. The number of halogens is 1. The topological polar surface area (TPSA) is 72.7 Å². The second-order valence-electron chi connectivity index (χ2n) is 9.73. The number of ether oxygens (including phenoxy) is 2. The third-order valence-corrected chi connectivity index (χ3v) is 6.36. The lowest BCUT2D eigenvalue weighted by atomic mass is 9.96. The molecule has 1 amide bonds. The van der Waals surface area contributed by atoms with E-state index in [9.17, 15) is 4.79 Å². The largest absolute Gasteiger partial charge is 0.444 e. The summed E-state index contributed by atoms with van der Waals surface area (Å²) >= 11 is 6.15. The van der Waals surface area contributed by atoms with Crippen LogP contribution in [0.1, 0.15) is 51.2 Å². The van der Waals surface area contributed by atoms with Crippen LogP contribution >= 0.6 is 11.6 Å². The molecule has 0 spiro atoms. The number of amides is 1. The van der Waals surface area contributed by atoms with E-state index >= 15 is 0 Å². The van der Waals surface area contributed by atoms with Gasteiger partial charge in [-0.2, -0.15) is 0 Å². The van der Waals surface area contributed by atoms with Crippen molar-refractivity contribution < 1.29 is 14.3 Å². The van der Waals surface area contributed by atoms with Crippen molar-refractivity contribution in [3.63, 3.8) is 0 Å². The summed E-state index contributed by atoms with van der Waals surface area (Å²) in [5.41, 5.74) is 0.531. The van der Waals surface area contributed by atoms with E-state index < -0.39 is 5.60 Å². The fraction of sp³-hybridized carbons (Fsp3) is 0.625. The van der Waals surface area contributed by atoms with Gasteiger partial charge in [0, 0.05) is 55.8 Å². The van der Waals surface area contributed by atoms with Crippen LogP contribution in [0.25, 0.3) is 5.69 Å². The number of carbonyl (C=O) groups excluding carboxylic acids is 1. The number of hydrogen-bond acceptors (Lipinski definition) is 6. The van der Waals surface area contributed by atoms with Gasteiger partial charge in [-0.05, 0) is 57.9 Å². The Kier molecular flexibility index (Phi) is 7.56. The van der Waals surface area contributed by atoms with Gasteiger partial charge in [0.1, 0.15) is 17.2 Å². The van der Waals surface area contributed by atoms with Gasteiger partial charge in [-0.15, -0.1) is 10.2 Å². The minimum Gasteiger partial charge on any atom is -0.444 e. The molecule has 0 N–H and O–H groups in total. The van der Waals surface area contributed by atoms with Gasteiger partial charge >= 0.3 is 6.09 Å². The first kappa shape index (κ1) is 24.0. The van der Waals surface area contributed by atoms with E-state index in [0.717, 1.165) is 69.4 Å². The minimum absolute atomic E-state index is 0.226. The number of aromatic nitrogens is 3. The Hall–Kier alpha value is -2.16. The number of likely N-dealkylation sites (tertiary alicyclic amines) is 1. The van der Waals surface area contributed by atoms with Gasteiger partial charge in [-0.25, -0.2) is 4.79 Å². The highest BCUT2D eigenvalue weighted by Gasteiger charge is 2.31. The van der Waals surface area contributed by atoms with Crippen molar-refractivity contribution in [2.45, 2.75) is 51.6 Å². The highest BCUT2D eigenvalue weighted by atomic mass is 35.5. The lowest BCUT2D eigenvalue weighted by Crippen LogP contribution is -2.41. The smallest absolute Gasteiger partial charge is 0.410 e. The first-order valence-electron chi connectivity index (χ1n) is 11.8. The molecule has 0 aliphatic carbocycles. The van der Waals surface area contributed by atoms with E-state index in [4.69, 9.17) is 21.1 Å². The molecule has 1 aromatic carbocycles. The summed E-state index contributed by atoms with van der Waals surface area (Å²) in [4.78, 5) is 16.7. The maximum absolute atomic E-state index is 12.5. The van der Waals surface area contributed by atoms with E-state index in [2.05, 4.69) is 19.7 Å². The second-order valence-corrected chi connectivity index (χ2v) is 10.2. The monoisotopic (exact) mass is 475 g/mol. The fourth-order valence-corrected chi connectivity index (χ4v) is 4.48. The summed E-state index contributed by atoms with van der Waals surface area (Å²) in [5.74, 6) is 2.13. The molecule has 1 aromatic heterocycles. The number of benzene rings is 1. The lowest BCUT2D eigenvalue weighted by Gasteiger charge is -2.33. The summed E-state index contributed by atoms with van der Waals surface area (Å²) in [5, 5.41) is 9.93. The van der Waals surface area contributed by atoms with Gasteiger partial charge in [-0.1, -0.05) is 11.6 Å².